The fraction of sp³-hybridized carbons (Fsp3) is 0.300. The van der Waals surface area contributed by atoms with Gasteiger partial charge in [-0.05, 0) is 12.1 Å². The van der Waals surface area contributed by atoms with E-state index in [1.54, 1.807) is 29.4 Å². The van der Waals surface area contributed by atoms with Crippen molar-refractivity contribution in [3.8, 4) is 10.8 Å². The van der Waals surface area contributed by atoms with Gasteiger partial charge >= 0.3 is 0 Å². The number of furan rings is 1. The largest absolute Gasteiger partial charge is 0.462 e. The molecule has 0 aliphatic rings. The molecule has 0 amide bonds. The Kier molecular flexibility index (Phi) is 3.82. The predicted octanol–water partition coefficient (Wildman–Crippen LogP) is 2.63. The topological polar surface area (TPSA) is 46.3 Å². The van der Waals surface area contributed by atoms with Crippen LogP contribution in [0.1, 0.15) is 5.69 Å². The van der Waals surface area contributed by atoms with E-state index in [4.69, 9.17) is 9.52 Å². The number of rotatable bonds is 5. The summed E-state index contributed by atoms with van der Waals surface area (Å²) in [6.45, 7) is 0.222. The van der Waals surface area contributed by atoms with Gasteiger partial charge < -0.3 is 9.52 Å². The molecule has 0 unspecified atom stereocenters. The summed E-state index contributed by atoms with van der Waals surface area (Å²) in [5.41, 5.74) is 1.05. The molecule has 2 heterocycles. The van der Waals surface area contributed by atoms with E-state index in [2.05, 4.69) is 4.98 Å². The first-order valence-electron chi connectivity index (χ1n) is 4.57. The van der Waals surface area contributed by atoms with Crippen molar-refractivity contribution in [1.29, 1.82) is 0 Å². The number of aliphatic hydroxyl groups excluding tert-OH is 1. The molecule has 3 nitrogen and oxygen atoms in total. The minimum Gasteiger partial charge on any atom is -0.462 e. The summed E-state index contributed by atoms with van der Waals surface area (Å²) < 4.78 is 5.26. The molecular weight excluding hydrogens is 230 g/mol. The minimum atomic E-state index is 0.222. The highest BCUT2D eigenvalue weighted by Crippen LogP contribution is 2.25. The first-order valence-corrected chi connectivity index (χ1v) is 6.60. The monoisotopic (exact) mass is 241 g/mol. The summed E-state index contributed by atoms with van der Waals surface area (Å²) in [6.07, 6.45) is 1.65. The van der Waals surface area contributed by atoms with Crippen molar-refractivity contribution in [3.05, 3.63) is 29.5 Å². The number of thiazole rings is 1. The fourth-order valence-electron chi connectivity index (χ4n) is 1.13. The maximum atomic E-state index is 8.65. The van der Waals surface area contributed by atoms with E-state index in [1.165, 1.54) is 0 Å². The number of thioether (sulfide) groups is 1. The smallest absolute Gasteiger partial charge is 0.162 e. The average Bonchev–Trinajstić information content (AvgIpc) is 2.87. The second-order valence-electron chi connectivity index (χ2n) is 2.90. The Labute approximate surface area is 96.2 Å². The fourth-order valence-corrected chi connectivity index (χ4v) is 2.65. The van der Waals surface area contributed by atoms with Crippen LogP contribution in [0.15, 0.2) is 28.2 Å². The number of hydrogen-bond acceptors (Lipinski definition) is 5. The summed E-state index contributed by atoms with van der Waals surface area (Å²) in [6, 6.07) is 3.76. The summed E-state index contributed by atoms with van der Waals surface area (Å²) >= 11 is 3.27. The van der Waals surface area contributed by atoms with Gasteiger partial charge in [0.15, 0.2) is 10.8 Å². The van der Waals surface area contributed by atoms with Crippen LogP contribution in [0.5, 0.6) is 0 Å². The normalized spacial score (nSPS) is 10.7. The lowest BCUT2D eigenvalue weighted by Crippen LogP contribution is -1.88. The van der Waals surface area contributed by atoms with Gasteiger partial charge in [-0.25, -0.2) is 4.98 Å². The van der Waals surface area contributed by atoms with E-state index in [1.807, 2.05) is 17.5 Å². The van der Waals surface area contributed by atoms with E-state index < -0.39 is 0 Å². The molecule has 0 atom stereocenters. The first-order chi connectivity index (χ1) is 7.40. The highest BCUT2D eigenvalue weighted by molar-refractivity contribution is 7.98. The van der Waals surface area contributed by atoms with E-state index in [0.717, 1.165) is 28.0 Å². The summed E-state index contributed by atoms with van der Waals surface area (Å²) in [5, 5.41) is 11.6. The van der Waals surface area contributed by atoms with Crippen molar-refractivity contribution >= 4 is 23.1 Å². The van der Waals surface area contributed by atoms with Crippen molar-refractivity contribution in [3.63, 3.8) is 0 Å². The molecule has 0 aliphatic carbocycles. The molecule has 2 aromatic rings. The molecule has 80 valence electrons. The lowest BCUT2D eigenvalue weighted by Gasteiger charge is -1.94. The lowest BCUT2D eigenvalue weighted by molar-refractivity contribution is 0.322. The Balaban J connectivity index is 1.98. The van der Waals surface area contributed by atoms with Gasteiger partial charge in [-0.3, -0.25) is 0 Å². The quantitative estimate of drug-likeness (QED) is 0.817. The Morgan fingerprint density at radius 1 is 1.53 bits per heavy atom. The van der Waals surface area contributed by atoms with Gasteiger partial charge in [0.1, 0.15) is 0 Å². The average molecular weight is 241 g/mol. The maximum Gasteiger partial charge on any atom is 0.162 e. The van der Waals surface area contributed by atoms with Crippen molar-refractivity contribution in [2.75, 3.05) is 12.4 Å². The van der Waals surface area contributed by atoms with Gasteiger partial charge in [-0.1, -0.05) is 0 Å². The lowest BCUT2D eigenvalue weighted by atomic mass is 10.5. The Morgan fingerprint density at radius 2 is 2.47 bits per heavy atom. The predicted molar refractivity (Wildman–Crippen MR) is 63.1 cm³/mol. The van der Waals surface area contributed by atoms with Crippen molar-refractivity contribution < 1.29 is 9.52 Å². The van der Waals surface area contributed by atoms with Crippen LogP contribution in [0.4, 0.5) is 0 Å². The second kappa shape index (κ2) is 5.34. The number of hydrogen-bond donors (Lipinski definition) is 1. The molecule has 0 saturated heterocycles. The van der Waals surface area contributed by atoms with E-state index in [0.29, 0.717) is 0 Å². The third-order valence-corrected chi connectivity index (χ3v) is 3.65. The van der Waals surface area contributed by atoms with Crippen molar-refractivity contribution in [1.82, 2.24) is 4.98 Å². The zero-order valence-electron chi connectivity index (χ0n) is 8.05. The molecule has 2 rings (SSSR count). The van der Waals surface area contributed by atoms with Gasteiger partial charge in [-0.2, -0.15) is 11.8 Å². The molecule has 0 aromatic carbocycles. The third kappa shape index (κ3) is 2.84. The summed E-state index contributed by atoms with van der Waals surface area (Å²) in [4.78, 5) is 4.45. The third-order valence-electron chi connectivity index (χ3n) is 1.77. The molecule has 0 radical (unpaired) electrons. The molecule has 0 fully saturated rings. The van der Waals surface area contributed by atoms with E-state index in [9.17, 15) is 0 Å². The highest BCUT2D eigenvalue weighted by atomic mass is 32.2. The van der Waals surface area contributed by atoms with Crippen LogP contribution in [0.3, 0.4) is 0 Å². The van der Waals surface area contributed by atoms with Crippen molar-refractivity contribution in [2.24, 2.45) is 0 Å². The number of nitrogens with zero attached hydrogens (tertiary/aromatic N) is 1. The molecular formula is C10H11NO2S2. The van der Waals surface area contributed by atoms with Crippen LogP contribution in [-0.2, 0) is 5.75 Å². The van der Waals surface area contributed by atoms with E-state index in [-0.39, 0.29) is 6.61 Å². The second-order valence-corrected chi connectivity index (χ2v) is 4.86. The maximum absolute atomic E-state index is 8.65. The van der Waals surface area contributed by atoms with Gasteiger partial charge in [0, 0.05) is 16.9 Å². The van der Waals surface area contributed by atoms with Crippen LogP contribution in [-0.4, -0.2) is 22.5 Å². The van der Waals surface area contributed by atoms with Crippen LogP contribution in [0.25, 0.3) is 10.8 Å². The van der Waals surface area contributed by atoms with Crippen LogP contribution >= 0.6 is 23.1 Å². The Bertz CT molecular complexity index is 397. The molecule has 5 heteroatoms. The van der Waals surface area contributed by atoms with Crippen molar-refractivity contribution in [2.45, 2.75) is 5.75 Å². The summed E-state index contributed by atoms with van der Waals surface area (Å²) in [7, 11) is 0. The van der Waals surface area contributed by atoms with Crippen LogP contribution in [0, 0.1) is 0 Å². The standard InChI is InChI=1S/C10H11NO2S2/c12-3-5-14-6-8-7-15-10(11-8)9-2-1-4-13-9/h1-2,4,7,12H,3,5-6H2. The molecule has 0 saturated carbocycles. The molecule has 1 N–H and O–H groups in total. The highest BCUT2D eigenvalue weighted by Gasteiger charge is 2.06. The van der Waals surface area contributed by atoms with E-state index >= 15 is 0 Å². The zero-order valence-corrected chi connectivity index (χ0v) is 9.68. The minimum absolute atomic E-state index is 0.222. The molecule has 15 heavy (non-hydrogen) atoms. The zero-order chi connectivity index (χ0) is 10.5. The van der Waals surface area contributed by atoms with Gasteiger partial charge in [0.05, 0.1) is 18.6 Å². The Morgan fingerprint density at radius 3 is 3.20 bits per heavy atom. The van der Waals surface area contributed by atoms with Crippen LogP contribution < -0.4 is 0 Å². The van der Waals surface area contributed by atoms with Gasteiger partial charge in [0.25, 0.3) is 0 Å². The number of aliphatic hydroxyl groups is 1. The van der Waals surface area contributed by atoms with Crippen LogP contribution in [0.2, 0.25) is 0 Å². The van der Waals surface area contributed by atoms with Gasteiger partial charge in [-0.15, -0.1) is 11.3 Å². The molecule has 0 spiro atoms. The Hall–Kier alpha value is -0.780. The summed E-state index contributed by atoms with van der Waals surface area (Å²) in [5.74, 6) is 2.42. The first kappa shape index (κ1) is 10.7. The molecule has 2 aromatic heterocycles. The number of aromatic nitrogens is 1. The molecule has 0 aliphatic heterocycles. The van der Waals surface area contributed by atoms with Gasteiger partial charge in [0.2, 0.25) is 0 Å². The molecule has 0 bridgehead atoms. The SMILES string of the molecule is OCCSCc1csc(-c2ccco2)n1.